The quantitative estimate of drug-likeness (QED) is 0.793. The van der Waals surface area contributed by atoms with Crippen LogP contribution < -0.4 is 5.32 Å². The van der Waals surface area contributed by atoms with Crippen LogP contribution in [0.4, 0.5) is 5.82 Å². The Morgan fingerprint density at radius 3 is 2.62 bits per heavy atom. The number of anilines is 1. The number of nitrogens with one attached hydrogen (secondary N) is 1. The van der Waals surface area contributed by atoms with E-state index in [1.165, 1.54) is 10.9 Å². The third-order valence-electron chi connectivity index (χ3n) is 3.36. The smallest absolute Gasteiger partial charge is 0.180 e. The Labute approximate surface area is 124 Å². The maximum Gasteiger partial charge on any atom is 0.180 e. The molecule has 2 heterocycles. The van der Waals surface area contributed by atoms with Crippen LogP contribution in [-0.2, 0) is 0 Å². The molecule has 0 saturated heterocycles. The van der Waals surface area contributed by atoms with Crippen molar-refractivity contribution in [3.63, 3.8) is 0 Å². The summed E-state index contributed by atoms with van der Waals surface area (Å²) in [7, 11) is 0. The molecule has 4 heteroatoms. The molecule has 4 nitrogen and oxygen atoms in total. The first-order valence-corrected chi connectivity index (χ1v) is 7.13. The Bertz CT molecular complexity index is 796. The molecule has 1 N–H and O–H groups in total. The number of fused-ring (bicyclic) bond motifs is 1. The lowest BCUT2D eigenvalue weighted by Gasteiger charge is -2.08. The fourth-order valence-corrected chi connectivity index (χ4v) is 2.42. The molecular weight excluding hydrogens is 260 g/mol. The summed E-state index contributed by atoms with van der Waals surface area (Å²) >= 11 is 0. The van der Waals surface area contributed by atoms with Gasteiger partial charge in [-0.3, -0.25) is 0 Å². The zero-order chi connectivity index (χ0) is 14.8. The molecule has 3 rings (SSSR count). The lowest BCUT2D eigenvalue weighted by atomic mass is 10.1. The Morgan fingerprint density at radius 2 is 1.81 bits per heavy atom. The van der Waals surface area contributed by atoms with E-state index in [9.17, 15) is 0 Å². The number of hydrogen-bond donors (Lipinski definition) is 1. The van der Waals surface area contributed by atoms with Gasteiger partial charge in [-0.2, -0.15) is 0 Å². The summed E-state index contributed by atoms with van der Waals surface area (Å²) in [6.07, 6.45) is 0. The summed E-state index contributed by atoms with van der Waals surface area (Å²) in [5, 5.41) is 4.40. The van der Waals surface area contributed by atoms with Gasteiger partial charge in [0.05, 0.1) is 5.52 Å². The van der Waals surface area contributed by atoms with E-state index in [0.29, 0.717) is 5.82 Å². The van der Waals surface area contributed by atoms with Gasteiger partial charge in [-0.25, -0.2) is 15.0 Å². The van der Waals surface area contributed by atoms with Gasteiger partial charge in [0.15, 0.2) is 5.82 Å². The highest BCUT2D eigenvalue weighted by atomic mass is 15.0. The largest absolute Gasteiger partial charge is 0.370 e. The molecule has 3 aromatic rings. The highest BCUT2D eigenvalue weighted by Gasteiger charge is 2.09. The lowest BCUT2D eigenvalue weighted by molar-refractivity contribution is 1.07. The monoisotopic (exact) mass is 278 g/mol. The topological polar surface area (TPSA) is 50.7 Å². The van der Waals surface area contributed by atoms with E-state index in [2.05, 4.69) is 35.2 Å². The van der Waals surface area contributed by atoms with Crippen LogP contribution in [0.25, 0.3) is 22.4 Å². The van der Waals surface area contributed by atoms with E-state index >= 15 is 0 Å². The van der Waals surface area contributed by atoms with Gasteiger partial charge in [-0.05, 0) is 38.5 Å². The number of para-hydroxylation sites is 1. The van der Waals surface area contributed by atoms with Crippen molar-refractivity contribution in [2.24, 2.45) is 0 Å². The molecule has 2 aromatic heterocycles. The number of nitrogens with zero attached hydrogens (tertiary/aromatic N) is 3. The van der Waals surface area contributed by atoms with E-state index in [1.54, 1.807) is 0 Å². The first-order valence-electron chi connectivity index (χ1n) is 7.13. The van der Waals surface area contributed by atoms with Crippen molar-refractivity contribution in [3.05, 3.63) is 47.7 Å². The van der Waals surface area contributed by atoms with Crippen LogP contribution in [0.3, 0.4) is 0 Å². The number of aromatic nitrogens is 3. The van der Waals surface area contributed by atoms with Crippen LogP contribution in [0.5, 0.6) is 0 Å². The Hall–Kier alpha value is -2.49. The number of aryl methyl sites for hydroxylation is 2. The van der Waals surface area contributed by atoms with Gasteiger partial charge in [-0.1, -0.05) is 18.2 Å². The summed E-state index contributed by atoms with van der Waals surface area (Å²) in [5.74, 6) is 1.51. The van der Waals surface area contributed by atoms with Gasteiger partial charge in [0.2, 0.25) is 0 Å². The molecule has 0 radical (unpaired) electrons. The van der Waals surface area contributed by atoms with Crippen LogP contribution in [0.15, 0.2) is 36.4 Å². The van der Waals surface area contributed by atoms with Crippen molar-refractivity contribution in [2.75, 3.05) is 11.9 Å². The van der Waals surface area contributed by atoms with E-state index in [-0.39, 0.29) is 0 Å². The number of pyridine rings is 1. The SMILES string of the molecule is CCNc1cc(C)nc(-c2cc(C)c3ccccc3n2)n1. The van der Waals surface area contributed by atoms with E-state index < -0.39 is 0 Å². The highest BCUT2D eigenvalue weighted by Crippen LogP contribution is 2.23. The third kappa shape index (κ3) is 2.70. The van der Waals surface area contributed by atoms with Crippen molar-refractivity contribution in [1.29, 1.82) is 0 Å². The molecule has 0 spiro atoms. The average molecular weight is 278 g/mol. The van der Waals surface area contributed by atoms with Crippen LogP contribution in [-0.4, -0.2) is 21.5 Å². The molecule has 0 unspecified atom stereocenters. The van der Waals surface area contributed by atoms with Crippen LogP contribution in [0, 0.1) is 13.8 Å². The lowest BCUT2D eigenvalue weighted by Crippen LogP contribution is -2.03. The molecule has 21 heavy (non-hydrogen) atoms. The van der Waals surface area contributed by atoms with E-state index in [0.717, 1.165) is 29.3 Å². The summed E-state index contributed by atoms with van der Waals surface area (Å²) < 4.78 is 0. The zero-order valence-corrected chi connectivity index (χ0v) is 12.5. The van der Waals surface area contributed by atoms with Gasteiger partial charge < -0.3 is 5.32 Å². The van der Waals surface area contributed by atoms with Crippen LogP contribution in [0.2, 0.25) is 0 Å². The minimum atomic E-state index is 0.666. The maximum absolute atomic E-state index is 4.70. The first kappa shape index (κ1) is 13.5. The minimum absolute atomic E-state index is 0.666. The average Bonchev–Trinajstić information content (AvgIpc) is 2.47. The second-order valence-electron chi connectivity index (χ2n) is 5.09. The zero-order valence-electron chi connectivity index (χ0n) is 12.5. The molecule has 0 aliphatic carbocycles. The van der Waals surface area contributed by atoms with Gasteiger partial charge in [0.1, 0.15) is 11.5 Å². The van der Waals surface area contributed by atoms with E-state index in [4.69, 9.17) is 4.98 Å². The standard InChI is InChI=1S/C17H18N4/c1-4-18-16-10-12(3)19-17(21-16)15-9-11(2)13-7-5-6-8-14(13)20-15/h5-10H,4H2,1-3H3,(H,18,19,21). The molecule has 0 aliphatic rings. The maximum atomic E-state index is 4.70. The Kier molecular flexibility index (Phi) is 3.52. The van der Waals surface area contributed by atoms with Gasteiger partial charge in [0, 0.05) is 23.7 Å². The normalized spacial score (nSPS) is 10.8. The molecule has 0 bridgehead atoms. The number of hydrogen-bond acceptors (Lipinski definition) is 4. The van der Waals surface area contributed by atoms with Crippen LogP contribution in [0.1, 0.15) is 18.2 Å². The molecule has 106 valence electrons. The minimum Gasteiger partial charge on any atom is -0.370 e. The Balaban J connectivity index is 2.16. The van der Waals surface area contributed by atoms with Gasteiger partial charge in [0.25, 0.3) is 0 Å². The number of rotatable bonds is 3. The predicted octanol–water partition coefficient (Wildman–Crippen LogP) is 3.74. The molecular formula is C17H18N4. The predicted molar refractivity (Wildman–Crippen MR) is 86.4 cm³/mol. The third-order valence-corrected chi connectivity index (χ3v) is 3.36. The molecule has 0 aliphatic heterocycles. The fourth-order valence-electron chi connectivity index (χ4n) is 2.42. The van der Waals surface area contributed by atoms with E-state index in [1.807, 2.05) is 37.3 Å². The summed E-state index contributed by atoms with van der Waals surface area (Å²) in [6.45, 7) is 6.95. The molecule has 0 amide bonds. The van der Waals surface area contributed by atoms with Crippen molar-refractivity contribution in [1.82, 2.24) is 15.0 Å². The van der Waals surface area contributed by atoms with Gasteiger partial charge >= 0.3 is 0 Å². The van der Waals surface area contributed by atoms with Gasteiger partial charge in [-0.15, -0.1) is 0 Å². The van der Waals surface area contributed by atoms with Crippen molar-refractivity contribution < 1.29 is 0 Å². The first-order chi connectivity index (χ1) is 10.2. The summed E-state index contributed by atoms with van der Waals surface area (Å²) in [5.41, 5.74) is 3.91. The number of benzene rings is 1. The second kappa shape index (κ2) is 5.48. The fraction of sp³-hybridized carbons (Fsp3) is 0.235. The Morgan fingerprint density at radius 1 is 1.00 bits per heavy atom. The van der Waals surface area contributed by atoms with Crippen LogP contribution >= 0.6 is 0 Å². The summed E-state index contributed by atoms with van der Waals surface area (Å²) in [4.78, 5) is 13.8. The molecule has 1 aromatic carbocycles. The van der Waals surface area contributed by atoms with Crippen molar-refractivity contribution in [2.45, 2.75) is 20.8 Å². The van der Waals surface area contributed by atoms with Crippen molar-refractivity contribution >= 4 is 16.7 Å². The second-order valence-corrected chi connectivity index (χ2v) is 5.09. The molecule has 0 atom stereocenters. The summed E-state index contributed by atoms with van der Waals surface area (Å²) in [6, 6.07) is 12.1. The van der Waals surface area contributed by atoms with Crippen molar-refractivity contribution in [3.8, 4) is 11.5 Å². The highest BCUT2D eigenvalue weighted by molar-refractivity contribution is 5.84. The molecule has 0 saturated carbocycles. The molecule has 0 fully saturated rings.